The van der Waals surface area contributed by atoms with E-state index in [1.165, 1.54) is 6.07 Å². The molecule has 0 bridgehead atoms. The average molecular weight is 299 g/mol. The van der Waals surface area contributed by atoms with E-state index in [1.54, 1.807) is 6.92 Å². The van der Waals surface area contributed by atoms with Crippen LogP contribution in [0.2, 0.25) is 0 Å². The van der Waals surface area contributed by atoms with Gasteiger partial charge in [0.1, 0.15) is 0 Å². The van der Waals surface area contributed by atoms with Crippen molar-refractivity contribution in [3.05, 3.63) is 35.4 Å². The van der Waals surface area contributed by atoms with Gasteiger partial charge in [-0.25, -0.2) is 13.6 Å². The van der Waals surface area contributed by atoms with Crippen molar-refractivity contribution in [3.8, 4) is 0 Å². The molecule has 0 aliphatic heterocycles. The summed E-state index contributed by atoms with van der Waals surface area (Å²) >= 11 is 0. The number of hydrogen-bond donors (Lipinski definition) is 3. The molecule has 0 saturated heterocycles. The molecule has 4 N–H and O–H groups in total. The Labute approximate surface area is 121 Å². The molecule has 0 fully saturated rings. The van der Waals surface area contributed by atoms with E-state index in [0.717, 1.165) is 12.1 Å². The predicted octanol–water partition coefficient (Wildman–Crippen LogP) is 1.98. The number of carbonyl (C=O) groups excluding carboxylic acids is 2. The Morgan fingerprint density at radius 1 is 1.24 bits per heavy atom. The third-order valence-corrected chi connectivity index (χ3v) is 2.95. The zero-order valence-electron chi connectivity index (χ0n) is 11.8. The van der Waals surface area contributed by atoms with Crippen molar-refractivity contribution >= 4 is 11.9 Å². The Bertz CT molecular complexity index is 509. The topological polar surface area (TPSA) is 84.2 Å². The lowest BCUT2D eigenvalue weighted by atomic mass is 10.1. The van der Waals surface area contributed by atoms with Gasteiger partial charge in [0.05, 0.1) is 6.04 Å². The van der Waals surface area contributed by atoms with Crippen LogP contribution in [0.4, 0.5) is 13.6 Å². The van der Waals surface area contributed by atoms with E-state index < -0.39 is 23.7 Å². The summed E-state index contributed by atoms with van der Waals surface area (Å²) in [6, 6.07) is 2.53. The largest absolute Gasteiger partial charge is 0.352 e. The predicted molar refractivity (Wildman–Crippen MR) is 74.4 cm³/mol. The van der Waals surface area contributed by atoms with E-state index in [0.29, 0.717) is 24.9 Å². The second-order valence-corrected chi connectivity index (χ2v) is 4.71. The minimum absolute atomic E-state index is 0.189. The highest BCUT2D eigenvalue weighted by atomic mass is 19.2. The summed E-state index contributed by atoms with van der Waals surface area (Å²) in [5.41, 5.74) is 5.40. The van der Waals surface area contributed by atoms with Crippen LogP contribution in [0.25, 0.3) is 0 Å². The monoisotopic (exact) mass is 299 g/mol. The van der Waals surface area contributed by atoms with Gasteiger partial charge in [0.2, 0.25) is 5.91 Å². The lowest BCUT2D eigenvalue weighted by Crippen LogP contribution is -2.30. The smallest absolute Gasteiger partial charge is 0.312 e. The zero-order chi connectivity index (χ0) is 15.8. The molecule has 1 aromatic rings. The van der Waals surface area contributed by atoms with Gasteiger partial charge < -0.3 is 16.4 Å². The highest BCUT2D eigenvalue weighted by Crippen LogP contribution is 2.16. The molecule has 0 aliphatic carbocycles. The lowest BCUT2D eigenvalue weighted by molar-refractivity contribution is -0.121. The highest BCUT2D eigenvalue weighted by Gasteiger charge is 2.11. The van der Waals surface area contributed by atoms with Crippen molar-refractivity contribution in [2.24, 2.45) is 5.73 Å². The van der Waals surface area contributed by atoms with Crippen LogP contribution in [-0.4, -0.2) is 18.5 Å². The molecule has 0 aromatic heterocycles. The average Bonchev–Trinajstić information content (AvgIpc) is 2.41. The molecular weight excluding hydrogens is 280 g/mol. The number of halogens is 2. The number of unbranched alkanes of at least 4 members (excludes halogenated alkanes) is 1. The number of carbonyl (C=O) groups is 2. The molecular formula is C14H19F2N3O2. The first-order valence-electron chi connectivity index (χ1n) is 6.67. The molecule has 1 atom stereocenters. The maximum Gasteiger partial charge on any atom is 0.312 e. The summed E-state index contributed by atoms with van der Waals surface area (Å²) in [5, 5.41) is 5.13. The van der Waals surface area contributed by atoms with Crippen LogP contribution in [0.1, 0.15) is 37.8 Å². The quantitative estimate of drug-likeness (QED) is 0.673. The number of nitrogens with two attached hydrogens (primary N) is 1. The SMILES string of the molecule is CC(NC(=O)CCCCNC(N)=O)c1ccc(F)c(F)c1. The van der Waals surface area contributed by atoms with Gasteiger partial charge in [-0.2, -0.15) is 0 Å². The molecule has 116 valence electrons. The summed E-state index contributed by atoms with van der Waals surface area (Å²) in [5.74, 6) is -2.04. The van der Waals surface area contributed by atoms with Crippen molar-refractivity contribution < 1.29 is 18.4 Å². The number of primary amides is 1. The molecule has 3 amide bonds. The molecule has 1 unspecified atom stereocenters. The number of hydrogen-bond acceptors (Lipinski definition) is 2. The molecule has 0 spiro atoms. The summed E-state index contributed by atoms with van der Waals surface area (Å²) in [4.78, 5) is 22.1. The van der Waals surface area contributed by atoms with Crippen LogP contribution >= 0.6 is 0 Å². The Morgan fingerprint density at radius 2 is 1.95 bits per heavy atom. The van der Waals surface area contributed by atoms with Crippen LogP contribution in [0, 0.1) is 11.6 Å². The molecule has 0 radical (unpaired) electrons. The maximum atomic E-state index is 13.1. The first-order chi connectivity index (χ1) is 9.90. The van der Waals surface area contributed by atoms with Gasteiger partial charge in [0, 0.05) is 13.0 Å². The first kappa shape index (κ1) is 16.9. The molecule has 7 heteroatoms. The Balaban J connectivity index is 2.33. The van der Waals surface area contributed by atoms with E-state index in [-0.39, 0.29) is 12.3 Å². The Hall–Kier alpha value is -2.18. The molecule has 5 nitrogen and oxygen atoms in total. The molecule has 21 heavy (non-hydrogen) atoms. The number of benzene rings is 1. The van der Waals surface area contributed by atoms with Crippen molar-refractivity contribution in [2.75, 3.05) is 6.54 Å². The van der Waals surface area contributed by atoms with Gasteiger partial charge in [-0.3, -0.25) is 4.79 Å². The van der Waals surface area contributed by atoms with Gasteiger partial charge in [0.15, 0.2) is 11.6 Å². The summed E-state index contributed by atoms with van der Waals surface area (Å²) in [6.07, 6.45) is 1.51. The van der Waals surface area contributed by atoms with E-state index in [4.69, 9.17) is 5.73 Å². The maximum absolute atomic E-state index is 13.1. The van der Waals surface area contributed by atoms with Gasteiger partial charge in [-0.15, -0.1) is 0 Å². The fraction of sp³-hybridized carbons (Fsp3) is 0.429. The molecule has 0 heterocycles. The minimum Gasteiger partial charge on any atom is -0.352 e. The Kier molecular flexibility index (Phi) is 6.58. The summed E-state index contributed by atoms with van der Waals surface area (Å²) in [7, 11) is 0. The van der Waals surface area contributed by atoms with E-state index in [1.807, 2.05) is 0 Å². The van der Waals surface area contributed by atoms with Gasteiger partial charge >= 0.3 is 6.03 Å². The van der Waals surface area contributed by atoms with Crippen LogP contribution in [0.5, 0.6) is 0 Å². The zero-order valence-corrected chi connectivity index (χ0v) is 11.8. The third-order valence-electron chi connectivity index (χ3n) is 2.95. The fourth-order valence-corrected chi connectivity index (χ4v) is 1.80. The van der Waals surface area contributed by atoms with Crippen molar-refractivity contribution in [1.82, 2.24) is 10.6 Å². The number of nitrogens with one attached hydrogen (secondary N) is 2. The van der Waals surface area contributed by atoms with Gasteiger partial charge in [0.25, 0.3) is 0 Å². The van der Waals surface area contributed by atoms with Crippen molar-refractivity contribution in [2.45, 2.75) is 32.2 Å². The van der Waals surface area contributed by atoms with Crippen molar-refractivity contribution in [1.29, 1.82) is 0 Å². The lowest BCUT2D eigenvalue weighted by Gasteiger charge is -2.14. The van der Waals surface area contributed by atoms with E-state index in [2.05, 4.69) is 10.6 Å². The summed E-state index contributed by atoms with van der Waals surface area (Å²) in [6.45, 7) is 2.11. The molecule has 1 aromatic carbocycles. The van der Waals surface area contributed by atoms with Gasteiger partial charge in [-0.05, 0) is 37.5 Å². The molecule has 0 saturated carbocycles. The normalized spacial score (nSPS) is 11.8. The molecule has 0 aliphatic rings. The molecule has 1 rings (SSSR count). The van der Waals surface area contributed by atoms with Crippen molar-refractivity contribution in [3.63, 3.8) is 0 Å². The number of amides is 3. The third kappa shape index (κ3) is 6.20. The number of rotatable bonds is 7. The standard InChI is InChI=1S/C14H19F2N3O2/c1-9(10-5-6-11(15)12(16)8-10)19-13(20)4-2-3-7-18-14(17)21/h5-6,8-9H,2-4,7H2,1H3,(H,19,20)(H3,17,18,21). The van der Waals surface area contributed by atoms with Crippen LogP contribution in [0.3, 0.4) is 0 Å². The number of urea groups is 1. The van der Waals surface area contributed by atoms with Crippen LogP contribution < -0.4 is 16.4 Å². The first-order valence-corrected chi connectivity index (χ1v) is 6.67. The Morgan fingerprint density at radius 3 is 2.57 bits per heavy atom. The second-order valence-electron chi connectivity index (χ2n) is 4.71. The summed E-state index contributed by atoms with van der Waals surface area (Å²) < 4.78 is 25.9. The minimum atomic E-state index is -0.939. The second kappa shape index (κ2) is 8.18. The fourth-order valence-electron chi connectivity index (χ4n) is 1.80. The van der Waals surface area contributed by atoms with Crippen LogP contribution in [0.15, 0.2) is 18.2 Å². The van der Waals surface area contributed by atoms with E-state index in [9.17, 15) is 18.4 Å². The van der Waals surface area contributed by atoms with Gasteiger partial charge in [-0.1, -0.05) is 6.07 Å². The van der Waals surface area contributed by atoms with E-state index >= 15 is 0 Å². The highest BCUT2D eigenvalue weighted by molar-refractivity contribution is 5.76. The van der Waals surface area contributed by atoms with Crippen LogP contribution in [-0.2, 0) is 4.79 Å².